The van der Waals surface area contributed by atoms with Crippen molar-refractivity contribution >= 4 is 11.6 Å². The van der Waals surface area contributed by atoms with E-state index in [1.54, 1.807) is 0 Å². The van der Waals surface area contributed by atoms with Gasteiger partial charge in [0.25, 0.3) is 0 Å². The van der Waals surface area contributed by atoms with E-state index in [9.17, 15) is 9.90 Å². The predicted octanol–water partition coefficient (Wildman–Crippen LogP) is 4.17. The van der Waals surface area contributed by atoms with Crippen LogP contribution in [-0.2, 0) is 11.2 Å². The summed E-state index contributed by atoms with van der Waals surface area (Å²) in [6.45, 7) is 13.1. The van der Waals surface area contributed by atoms with Crippen molar-refractivity contribution in [1.82, 2.24) is 4.90 Å². The van der Waals surface area contributed by atoms with E-state index in [4.69, 9.17) is 0 Å². The SMILES string of the molecule is C[C@@H]1CCCN(C[C@H](O)c2ccc3c(c2)CCCN3C(=O)C(C)(C)C)[C@H]1C. The fraction of sp³-hybridized carbons (Fsp3) is 0.696. The first-order valence-corrected chi connectivity index (χ1v) is 10.6. The topological polar surface area (TPSA) is 43.8 Å². The molecular weight excluding hydrogens is 336 g/mol. The third kappa shape index (κ3) is 4.38. The maximum atomic E-state index is 12.8. The molecule has 1 N–H and O–H groups in total. The lowest BCUT2D eigenvalue weighted by atomic mass is 9.90. The molecule has 0 unspecified atom stereocenters. The number of hydrogen-bond donors (Lipinski definition) is 1. The Bertz CT molecular complexity index is 679. The summed E-state index contributed by atoms with van der Waals surface area (Å²) in [5.74, 6) is 0.860. The van der Waals surface area contributed by atoms with Gasteiger partial charge in [-0.1, -0.05) is 39.8 Å². The van der Waals surface area contributed by atoms with E-state index in [0.717, 1.165) is 37.2 Å². The summed E-state index contributed by atoms with van der Waals surface area (Å²) in [6.07, 6.45) is 3.98. The van der Waals surface area contributed by atoms with E-state index < -0.39 is 6.10 Å². The van der Waals surface area contributed by atoms with Crippen LogP contribution in [0.15, 0.2) is 18.2 Å². The highest BCUT2D eigenvalue weighted by Gasteiger charge is 2.32. The Morgan fingerprint density at radius 1 is 1.22 bits per heavy atom. The molecule has 2 aliphatic rings. The van der Waals surface area contributed by atoms with Crippen LogP contribution in [0.25, 0.3) is 0 Å². The van der Waals surface area contributed by atoms with Gasteiger partial charge in [-0.3, -0.25) is 9.69 Å². The molecule has 1 aromatic carbocycles. The normalized spacial score (nSPS) is 25.2. The van der Waals surface area contributed by atoms with Gasteiger partial charge in [-0.15, -0.1) is 0 Å². The zero-order valence-electron chi connectivity index (χ0n) is 17.7. The van der Waals surface area contributed by atoms with E-state index in [2.05, 4.69) is 24.8 Å². The smallest absolute Gasteiger partial charge is 0.232 e. The van der Waals surface area contributed by atoms with E-state index in [-0.39, 0.29) is 11.3 Å². The fourth-order valence-electron chi connectivity index (χ4n) is 4.45. The van der Waals surface area contributed by atoms with Crippen molar-refractivity contribution in [2.45, 2.75) is 72.4 Å². The van der Waals surface area contributed by atoms with Crippen molar-refractivity contribution in [2.75, 3.05) is 24.5 Å². The minimum absolute atomic E-state index is 0.174. The summed E-state index contributed by atoms with van der Waals surface area (Å²) in [4.78, 5) is 17.2. The molecule has 4 nitrogen and oxygen atoms in total. The van der Waals surface area contributed by atoms with Crippen LogP contribution in [-0.4, -0.2) is 41.6 Å². The molecule has 3 rings (SSSR count). The minimum Gasteiger partial charge on any atom is -0.387 e. The molecule has 0 radical (unpaired) electrons. The second-order valence-corrected chi connectivity index (χ2v) is 9.57. The maximum absolute atomic E-state index is 12.8. The molecule has 1 fully saturated rings. The van der Waals surface area contributed by atoms with Crippen molar-refractivity contribution in [1.29, 1.82) is 0 Å². The number of carbonyl (C=O) groups excluding carboxylic acids is 1. The standard InChI is InChI=1S/C23H36N2O2/c1-16-8-6-12-24(17(16)2)15-21(26)19-10-11-20-18(14-19)9-7-13-25(20)22(27)23(3,4)5/h10-11,14,16-17,21,26H,6-9,12-13,15H2,1-5H3/t16-,17+,21+/m1/s1. The Balaban J connectivity index is 1.76. The zero-order valence-corrected chi connectivity index (χ0v) is 17.7. The van der Waals surface area contributed by atoms with Crippen molar-refractivity contribution in [3.8, 4) is 0 Å². The predicted molar refractivity (Wildman–Crippen MR) is 111 cm³/mol. The molecule has 0 spiro atoms. The Morgan fingerprint density at radius 2 is 1.96 bits per heavy atom. The number of β-amino-alcohol motifs (C(OH)–C–C–N with tert-alkyl or cyclic N) is 1. The molecule has 27 heavy (non-hydrogen) atoms. The Morgan fingerprint density at radius 3 is 2.67 bits per heavy atom. The largest absolute Gasteiger partial charge is 0.387 e. The summed E-state index contributed by atoms with van der Waals surface area (Å²) in [5, 5.41) is 10.9. The fourth-order valence-corrected chi connectivity index (χ4v) is 4.45. The van der Waals surface area contributed by atoms with E-state index >= 15 is 0 Å². The van der Waals surface area contributed by atoms with Gasteiger partial charge < -0.3 is 10.0 Å². The number of aryl methyl sites for hydroxylation is 1. The first kappa shape index (κ1) is 20.3. The third-order valence-corrected chi connectivity index (χ3v) is 6.41. The lowest BCUT2D eigenvalue weighted by Crippen LogP contribution is -2.44. The van der Waals surface area contributed by atoms with Crippen LogP contribution in [0.4, 0.5) is 5.69 Å². The van der Waals surface area contributed by atoms with Crippen LogP contribution in [0, 0.1) is 11.3 Å². The number of anilines is 1. The number of piperidine rings is 1. The molecule has 0 bridgehead atoms. The number of fused-ring (bicyclic) bond motifs is 1. The Hall–Kier alpha value is -1.39. The first-order valence-electron chi connectivity index (χ1n) is 10.6. The molecule has 2 heterocycles. The lowest BCUT2D eigenvalue weighted by Gasteiger charge is -2.39. The third-order valence-electron chi connectivity index (χ3n) is 6.41. The number of benzene rings is 1. The van der Waals surface area contributed by atoms with Crippen molar-refractivity contribution in [2.24, 2.45) is 11.3 Å². The van der Waals surface area contributed by atoms with Gasteiger partial charge in [-0.2, -0.15) is 0 Å². The monoisotopic (exact) mass is 372 g/mol. The number of rotatable bonds is 3. The Kier molecular flexibility index (Phi) is 5.97. The van der Waals surface area contributed by atoms with E-state index in [1.165, 1.54) is 18.4 Å². The molecule has 0 aliphatic carbocycles. The molecule has 1 amide bonds. The average Bonchev–Trinajstić information content (AvgIpc) is 2.63. The molecule has 2 aliphatic heterocycles. The second-order valence-electron chi connectivity index (χ2n) is 9.57. The van der Waals surface area contributed by atoms with Gasteiger partial charge in [0.1, 0.15) is 0 Å². The highest BCUT2D eigenvalue weighted by molar-refractivity contribution is 5.98. The number of aliphatic hydroxyl groups is 1. The molecule has 1 aromatic rings. The summed E-state index contributed by atoms with van der Waals surface area (Å²) >= 11 is 0. The maximum Gasteiger partial charge on any atom is 0.232 e. The highest BCUT2D eigenvalue weighted by Crippen LogP contribution is 2.33. The highest BCUT2D eigenvalue weighted by atomic mass is 16.3. The van der Waals surface area contributed by atoms with Crippen molar-refractivity contribution in [3.63, 3.8) is 0 Å². The molecule has 150 valence electrons. The minimum atomic E-state index is -0.475. The van der Waals surface area contributed by atoms with Gasteiger partial charge in [0.2, 0.25) is 5.91 Å². The summed E-state index contributed by atoms with van der Waals surface area (Å²) < 4.78 is 0. The van der Waals surface area contributed by atoms with Crippen LogP contribution in [0.5, 0.6) is 0 Å². The molecular formula is C23H36N2O2. The molecule has 0 saturated carbocycles. The number of nitrogens with zero attached hydrogens (tertiary/aromatic N) is 2. The quantitative estimate of drug-likeness (QED) is 0.866. The Labute approximate surface area is 164 Å². The van der Waals surface area contributed by atoms with Crippen molar-refractivity contribution < 1.29 is 9.90 Å². The number of hydrogen-bond acceptors (Lipinski definition) is 3. The number of carbonyl (C=O) groups is 1. The van der Waals surface area contributed by atoms with Crippen LogP contribution in [0.3, 0.4) is 0 Å². The zero-order chi connectivity index (χ0) is 19.8. The molecule has 4 heteroatoms. The second kappa shape index (κ2) is 7.92. The van der Waals surface area contributed by atoms with Crippen molar-refractivity contribution in [3.05, 3.63) is 29.3 Å². The van der Waals surface area contributed by atoms with Gasteiger partial charge in [-0.05, 0) is 62.3 Å². The van der Waals surface area contributed by atoms with Crippen LogP contribution in [0.1, 0.15) is 71.1 Å². The molecule has 1 saturated heterocycles. The number of amides is 1. The summed E-state index contributed by atoms with van der Waals surface area (Å²) in [5.41, 5.74) is 2.81. The van der Waals surface area contributed by atoms with Crippen LogP contribution >= 0.6 is 0 Å². The van der Waals surface area contributed by atoms with E-state index in [0.29, 0.717) is 18.5 Å². The summed E-state index contributed by atoms with van der Waals surface area (Å²) in [6, 6.07) is 6.69. The van der Waals surface area contributed by atoms with Gasteiger partial charge in [-0.25, -0.2) is 0 Å². The molecule has 0 aromatic heterocycles. The van der Waals surface area contributed by atoms with Gasteiger partial charge >= 0.3 is 0 Å². The average molecular weight is 373 g/mol. The lowest BCUT2D eigenvalue weighted by molar-refractivity contribution is -0.125. The van der Waals surface area contributed by atoms with Gasteiger partial charge in [0.15, 0.2) is 0 Å². The first-order chi connectivity index (χ1) is 12.7. The van der Waals surface area contributed by atoms with Gasteiger partial charge in [0, 0.05) is 30.2 Å². The van der Waals surface area contributed by atoms with Crippen LogP contribution < -0.4 is 4.90 Å². The molecule has 3 atom stereocenters. The van der Waals surface area contributed by atoms with Crippen LogP contribution in [0.2, 0.25) is 0 Å². The van der Waals surface area contributed by atoms with Gasteiger partial charge in [0.05, 0.1) is 6.10 Å². The number of likely N-dealkylation sites (tertiary alicyclic amines) is 1. The number of aliphatic hydroxyl groups excluding tert-OH is 1. The van der Waals surface area contributed by atoms with E-state index in [1.807, 2.05) is 37.8 Å². The summed E-state index contributed by atoms with van der Waals surface area (Å²) in [7, 11) is 0.